The largest absolute Gasteiger partial charge is 0.304 e. The van der Waals surface area contributed by atoms with Gasteiger partial charge in [0.15, 0.2) is 0 Å². The monoisotopic (exact) mass is 319 g/mol. The van der Waals surface area contributed by atoms with Gasteiger partial charge < -0.3 is 4.90 Å². The zero-order valence-electron chi connectivity index (χ0n) is 10.6. The number of nitrogens with zero attached hydrogens (tertiary/aromatic N) is 1. The fourth-order valence-corrected chi connectivity index (χ4v) is 3.36. The fourth-order valence-electron chi connectivity index (χ4n) is 1.83. The van der Waals surface area contributed by atoms with Crippen molar-refractivity contribution in [3.05, 3.63) is 20.8 Å². The predicted molar refractivity (Wildman–Crippen MR) is 79.2 cm³/mol. The molecule has 0 bridgehead atoms. The van der Waals surface area contributed by atoms with Gasteiger partial charge in [-0.25, -0.2) is 0 Å². The molecular weight excluding hydrogens is 298 g/mol. The summed E-state index contributed by atoms with van der Waals surface area (Å²) >= 11 is 5.26. The van der Waals surface area contributed by atoms with E-state index >= 15 is 0 Å². The van der Waals surface area contributed by atoms with E-state index in [-0.39, 0.29) is 0 Å². The lowest BCUT2D eigenvalue weighted by molar-refractivity contribution is 0.281. The Bertz CT molecular complexity index is 312. The van der Waals surface area contributed by atoms with Gasteiger partial charge in [0.2, 0.25) is 0 Å². The summed E-state index contributed by atoms with van der Waals surface area (Å²) < 4.78 is 1.16. The highest BCUT2D eigenvalue weighted by atomic mass is 79.9. The van der Waals surface area contributed by atoms with Gasteiger partial charge in [-0.1, -0.05) is 13.8 Å². The van der Waals surface area contributed by atoms with Crippen molar-refractivity contribution in [1.82, 2.24) is 10.3 Å². The zero-order valence-corrected chi connectivity index (χ0v) is 13.0. The second kappa shape index (κ2) is 8.21. The van der Waals surface area contributed by atoms with Gasteiger partial charge in [0.1, 0.15) is 0 Å². The summed E-state index contributed by atoms with van der Waals surface area (Å²) in [6.45, 7) is 7.72. The molecule has 0 amide bonds. The molecule has 0 spiro atoms. The Balaban J connectivity index is 2.38. The summed E-state index contributed by atoms with van der Waals surface area (Å²) in [6, 6.07) is 2.54. The molecule has 5 heteroatoms. The minimum absolute atomic E-state index is 0.362. The lowest BCUT2D eigenvalue weighted by atomic mass is 10.1. The number of thiophene rings is 1. The molecule has 0 aliphatic carbocycles. The average Bonchev–Trinajstić information content (AvgIpc) is 2.74. The van der Waals surface area contributed by atoms with Gasteiger partial charge in [0.25, 0.3) is 0 Å². The lowest BCUT2D eigenvalue weighted by Crippen LogP contribution is -2.39. The quantitative estimate of drug-likeness (QED) is 0.571. The van der Waals surface area contributed by atoms with Crippen LogP contribution in [0.3, 0.4) is 0 Å². The van der Waals surface area contributed by atoms with E-state index in [1.165, 1.54) is 4.88 Å². The van der Waals surface area contributed by atoms with Crippen molar-refractivity contribution >= 4 is 27.3 Å². The summed E-state index contributed by atoms with van der Waals surface area (Å²) in [4.78, 5) is 3.80. The number of nitrogens with one attached hydrogen (secondary N) is 1. The Hall–Kier alpha value is 0.0600. The average molecular weight is 320 g/mol. The minimum atomic E-state index is 0.362. The van der Waals surface area contributed by atoms with Crippen LogP contribution in [0.2, 0.25) is 0 Å². The molecule has 3 N–H and O–H groups in total. The van der Waals surface area contributed by atoms with E-state index in [0.29, 0.717) is 6.04 Å². The molecule has 0 radical (unpaired) electrons. The van der Waals surface area contributed by atoms with Crippen LogP contribution in [0.4, 0.5) is 0 Å². The third kappa shape index (κ3) is 5.48. The van der Waals surface area contributed by atoms with Crippen LogP contribution in [0.5, 0.6) is 0 Å². The van der Waals surface area contributed by atoms with Crippen molar-refractivity contribution in [2.24, 2.45) is 5.84 Å². The Morgan fingerprint density at radius 3 is 2.65 bits per heavy atom. The van der Waals surface area contributed by atoms with E-state index in [4.69, 9.17) is 5.84 Å². The molecule has 98 valence electrons. The predicted octanol–water partition coefficient (Wildman–Crippen LogP) is 2.62. The highest BCUT2D eigenvalue weighted by molar-refractivity contribution is 9.10. The van der Waals surface area contributed by atoms with Crippen molar-refractivity contribution in [2.45, 2.75) is 32.7 Å². The maximum absolute atomic E-state index is 5.62. The smallest absolute Gasteiger partial charge is 0.0285 e. The van der Waals surface area contributed by atoms with Crippen LogP contribution in [0.1, 0.15) is 25.1 Å². The molecule has 1 atom stereocenters. The van der Waals surface area contributed by atoms with Gasteiger partial charge >= 0.3 is 0 Å². The summed E-state index contributed by atoms with van der Waals surface area (Å²) in [7, 11) is 0. The van der Waals surface area contributed by atoms with Crippen LogP contribution in [-0.4, -0.2) is 30.6 Å². The molecule has 1 aromatic heterocycles. The number of hydrazine groups is 1. The molecular formula is C12H22BrN3S. The third-order valence-electron chi connectivity index (χ3n) is 2.99. The van der Waals surface area contributed by atoms with E-state index in [1.807, 2.05) is 0 Å². The summed E-state index contributed by atoms with van der Waals surface area (Å²) in [5, 5.41) is 2.12. The lowest BCUT2D eigenvalue weighted by Gasteiger charge is -2.22. The van der Waals surface area contributed by atoms with E-state index in [2.05, 4.69) is 51.5 Å². The first-order valence-electron chi connectivity index (χ1n) is 6.11. The van der Waals surface area contributed by atoms with Gasteiger partial charge in [-0.2, -0.15) is 0 Å². The van der Waals surface area contributed by atoms with Crippen LogP contribution in [0.25, 0.3) is 0 Å². The standard InChI is InChI=1S/C12H22BrN3S/c1-3-16(4-2)6-5-11(15-14)8-12-7-10(13)9-17-12/h7,9,11,15H,3-6,8,14H2,1-2H3. The number of hydrogen-bond donors (Lipinski definition) is 2. The maximum atomic E-state index is 5.62. The van der Waals surface area contributed by atoms with Crippen LogP contribution < -0.4 is 11.3 Å². The maximum Gasteiger partial charge on any atom is 0.0285 e. The molecule has 0 fully saturated rings. The number of nitrogens with two attached hydrogens (primary N) is 1. The van der Waals surface area contributed by atoms with E-state index < -0.39 is 0 Å². The molecule has 0 saturated carbocycles. The van der Waals surface area contributed by atoms with Crippen molar-refractivity contribution < 1.29 is 0 Å². The molecule has 0 aromatic carbocycles. The molecule has 17 heavy (non-hydrogen) atoms. The number of hydrogen-bond acceptors (Lipinski definition) is 4. The molecule has 1 aromatic rings. The van der Waals surface area contributed by atoms with Crippen molar-refractivity contribution in [2.75, 3.05) is 19.6 Å². The van der Waals surface area contributed by atoms with E-state index in [0.717, 1.165) is 36.9 Å². The topological polar surface area (TPSA) is 41.3 Å². The van der Waals surface area contributed by atoms with Crippen molar-refractivity contribution in [3.63, 3.8) is 0 Å². The first-order chi connectivity index (χ1) is 8.19. The Morgan fingerprint density at radius 2 is 2.18 bits per heavy atom. The zero-order chi connectivity index (χ0) is 12.7. The number of rotatable bonds is 8. The summed E-state index contributed by atoms with van der Waals surface area (Å²) in [5.74, 6) is 5.62. The van der Waals surface area contributed by atoms with Gasteiger partial charge in [0.05, 0.1) is 0 Å². The third-order valence-corrected chi connectivity index (χ3v) is 4.71. The molecule has 3 nitrogen and oxygen atoms in total. The first kappa shape index (κ1) is 15.1. The van der Waals surface area contributed by atoms with E-state index in [1.54, 1.807) is 11.3 Å². The molecule has 0 aliphatic heterocycles. The van der Waals surface area contributed by atoms with Crippen LogP contribution >= 0.6 is 27.3 Å². The second-order valence-electron chi connectivity index (χ2n) is 4.11. The normalized spacial score (nSPS) is 13.2. The second-order valence-corrected chi connectivity index (χ2v) is 6.03. The van der Waals surface area contributed by atoms with Gasteiger partial charge in [0, 0.05) is 20.8 Å². The Kier molecular flexibility index (Phi) is 7.30. The molecule has 1 rings (SSSR count). The Morgan fingerprint density at radius 1 is 1.47 bits per heavy atom. The highest BCUT2D eigenvalue weighted by Crippen LogP contribution is 2.21. The number of halogens is 1. The fraction of sp³-hybridized carbons (Fsp3) is 0.667. The summed E-state index contributed by atoms with van der Waals surface area (Å²) in [6.07, 6.45) is 2.10. The molecule has 0 saturated heterocycles. The first-order valence-corrected chi connectivity index (χ1v) is 7.78. The SMILES string of the molecule is CCN(CC)CCC(Cc1cc(Br)cs1)NN. The van der Waals surface area contributed by atoms with Crippen LogP contribution in [0.15, 0.2) is 15.9 Å². The van der Waals surface area contributed by atoms with Gasteiger partial charge in [-0.05, 0) is 54.5 Å². The van der Waals surface area contributed by atoms with Gasteiger partial charge in [-0.3, -0.25) is 11.3 Å². The Labute approximate surface area is 116 Å². The van der Waals surface area contributed by atoms with Crippen LogP contribution in [-0.2, 0) is 6.42 Å². The molecule has 0 aliphatic rings. The minimum Gasteiger partial charge on any atom is -0.304 e. The highest BCUT2D eigenvalue weighted by Gasteiger charge is 2.10. The van der Waals surface area contributed by atoms with Crippen molar-refractivity contribution in [3.8, 4) is 0 Å². The molecule has 1 heterocycles. The van der Waals surface area contributed by atoms with Crippen molar-refractivity contribution in [1.29, 1.82) is 0 Å². The van der Waals surface area contributed by atoms with Crippen LogP contribution in [0, 0.1) is 0 Å². The van der Waals surface area contributed by atoms with Gasteiger partial charge in [-0.15, -0.1) is 11.3 Å². The van der Waals surface area contributed by atoms with E-state index in [9.17, 15) is 0 Å². The summed E-state index contributed by atoms with van der Waals surface area (Å²) in [5.41, 5.74) is 2.93. The molecule has 1 unspecified atom stereocenters.